The molecule has 0 amide bonds. The van der Waals surface area contributed by atoms with Gasteiger partial charge in [-0.3, -0.25) is 53.5 Å². The lowest BCUT2D eigenvalue weighted by molar-refractivity contribution is -0.114. The summed E-state index contributed by atoms with van der Waals surface area (Å²) in [5.74, 6) is 4.92. The van der Waals surface area contributed by atoms with E-state index in [0.29, 0.717) is 56.0 Å². The van der Waals surface area contributed by atoms with Gasteiger partial charge in [-0.05, 0) is 245 Å². The maximum atomic E-state index is 13.4. The highest BCUT2D eigenvalue weighted by molar-refractivity contribution is 6.18. The molecule has 678 valence electrons. The molecule has 0 bridgehead atoms. The molecule has 0 N–H and O–H groups in total. The molecule has 7 fully saturated rings. The third kappa shape index (κ3) is 29.0. The summed E-state index contributed by atoms with van der Waals surface area (Å²) in [7, 11) is 4.97. The van der Waals surface area contributed by atoms with E-state index in [1.807, 2.05) is 206 Å². The molecule has 4 saturated heterocycles. The summed E-state index contributed by atoms with van der Waals surface area (Å²) in [6.07, 6.45) is 37.4. The van der Waals surface area contributed by atoms with E-state index >= 15 is 0 Å². The second-order valence-electron chi connectivity index (χ2n) is 36.5. The Morgan fingerprint density at radius 2 is 0.629 bits per heavy atom. The first-order valence-electron chi connectivity index (χ1n) is 46.8. The lowest BCUT2D eigenvalue weighted by Crippen LogP contribution is -2.39. The molecule has 0 radical (unpaired) electrons. The lowest BCUT2D eigenvalue weighted by Gasteiger charge is -2.30. The van der Waals surface area contributed by atoms with Gasteiger partial charge in [0.2, 0.25) is 0 Å². The first-order valence-corrected chi connectivity index (χ1v) is 46.8. The smallest absolute Gasteiger partial charge is 0.187 e. The van der Waals surface area contributed by atoms with Gasteiger partial charge in [0.25, 0.3) is 0 Å². The second kappa shape index (κ2) is 48.3. The zero-order chi connectivity index (χ0) is 92.8. The third-order valence-electron chi connectivity index (χ3n) is 24.6. The van der Waals surface area contributed by atoms with Crippen molar-refractivity contribution in [2.45, 2.75) is 125 Å². The Hall–Kier alpha value is -13.0. The van der Waals surface area contributed by atoms with E-state index in [0.717, 1.165) is 200 Å². The Morgan fingerprint density at radius 3 is 0.970 bits per heavy atom. The van der Waals surface area contributed by atoms with E-state index in [2.05, 4.69) is 170 Å². The molecule has 132 heavy (non-hydrogen) atoms. The van der Waals surface area contributed by atoms with E-state index in [1.54, 1.807) is 46.1 Å². The van der Waals surface area contributed by atoms with E-state index < -0.39 is 0 Å². The molecule has 8 aromatic carbocycles. The SMILES string of the molecule is CCC1C/C(=C\c2ccccc2)C(=O)/C(=C/c2cccnc2)C1.COc1cccc(/C=C2\CN(CCC(C)C)C/C(=C\c3cccc(C)c3)C2=O)c1.COc1ccccc1/C=C1\CN(CCC(C)C)C/C(=C\c2ccccc2OC)C1=O.Cc1cccc(/C=C2\CN(C3CC3)C/C(=C\c3cccc(C)c3)C2=O)c1.O=C1/C(=C/c2ccccc2)CN(C2CC2)C/C1=C\c1cccnc1. The van der Waals surface area contributed by atoms with Crippen molar-refractivity contribution >= 4 is 89.7 Å². The molecule has 14 heteroatoms. The number of ether oxygens (including phenoxy) is 3. The second-order valence-corrected chi connectivity index (χ2v) is 36.5. The first-order chi connectivity index (χ1) is 64.1. The standard InChI is InChI=1S/C26H31NO3.C26H31NO2.C24H25NO.C21H20N2O.C21H21NO/c1-19(2)13-14-27-17-22(15-20-9-5-7-11-24(20)29-3)26(28)23(18-27)16-21-10-6-8-12-25(21)30-4;1-19(2)11-12-27-17-23(14-21-8-5-7-20(3)13-21)26(28)24(18-27)15-22-9-6-10-25(16-22)29-4;1-17-5-3-7-19(11-17)13-21-15-25(23-9-10-23)16-22(24(21)26)14-20-8-4-6-18(2)12-20;24-21-18(11-16-5-2-1-3-6-16)14-23(20-8-9-20)15-19(21)12-17-7-4-10-22-13-17;1-2-16-11-19(13-17-7-4-3-5-8-17)21(23)20(12-16)14-18-9-6-10-22-15-18/h5-12,15-16,19H,13-14,17-18H2,1-4H3;5-10,13-16,19H,11-12,17-18H2,1-4H3;3-8,11-14,23H,9-10,15-16H2,1-2H3;1-7,10-13,20H,8-9,14-15H2;3-10,13-16H,2,11-12H2,1H3/b22-15+,23-16+;23-14+,24-15+;21-13+,22-14+;18-11+,19-12+;19-13+,20-14+. The first kappa shape index (κ1) is 96.6. The molecule has 3 aliphatic carbocycles. The van der Waals surface area contributed by atoms with Crippen LogP contribution in [0.4, 0.5) is 0 Å². The van der Waals surface area contributed by atoms with Crippen molar-refractivity contribution in [3.8, 4) is 17.2 Å². The molecule has 6 heterocycles. The fraction of sp³-hybridized carbons (Fsp3) is 0.297. The van der Waals surface area contributed by atoms with Crippen molar-refractivity contribution in [3.63, 3.8) is 0 Å². The monoisotopic (exact) mass is 1760 g/mol. The van der Waals surface area contributed by atoms with Crippen molar-refractivity contribution in [3.05, 3.63) is 383 Å². The average molecular weight is 1760 g/mol. The molecular formula is C118H128N6O8. The van der Waals surface area contributed by atoms with E-state index in [-0.39, 0.29) is 28.9 Å². The topological polar surface area (TPSA) is 152 Å². The van der Waals surface area contributed by atoms with Crippen molar-refractivity contribution in [1.82, 2.24) is 29.6 Å². The fourth-order valence-corrected chi connectivity index (χ4v) is 17.2. The van der Waals surface area contributed by atoms with Crippen molar-refractivity contribution < 1.29 is 38.2 Å². The van der Waals surface area contributed by atoms with Crippen LogP contribution in [0.25, 0.3) is 60.8 Å². The zero-order valence-electron chi connectivity index (χ0n) is 78.8. The summed E-state index contributed by atoms with van der Waals surface area (Å²) in [5, 5.41) is 0. The van der Waals surface area contributed by atoms with Gasteiger partial charge in [0.15, 0.2) is 28.9 Å². The molecule has 14 nitrogen and oxygen atoms in total. The predicted octanol–water partition coefficient (Wildman–Crippen LogP) is 23.9. The fourth-order valence-electron chi connectivity index (χ4n) is 17.2. The van der Waals surface area contributed by atoms with Crippen LogP contribution in [0.2, 0.25) is 0 Å². The van der Waals surface area contributed by atoms with Gasteiger partial charge in [0.05, 0.1) is 21.3 Å². The Bertz CT molecular complexity index is 5720. The number of para-hydroxylation sites is 2. The highest BCUT2D eigenvalue weighted by Gasteiger charge is 2.38. The zero-order valence-corrected chi connectivity index (χ0v) is 78.8. The van der Waals surface area contributed by atoms with Gasteiger partial charge in [-0.2, -0.15) is 0 Å². The van der Waals surface area contributed by atoms with Crippen LogP contribution in [-0.2, 0) is 24.0 Å². The Balaban J connectivity index is 0.000000141. The maximum absolute atomic E-state index is 13.4. The van der Waals surface area contributed by atoms with E-state index in [4.69, 9.17) is 14.2 Å². The number of likely N-dealkylation sites (tertiary alicyclic amines) is 4. The molecule has 1 unspecified atom stereocenters. The summed E-state index contributed by atoms with van der Waals surface area (Å²) >= 11 is 0. The quantitative estimate of drug-likeness (QED) is 0.0592. The van der Waals surface area contributed by atoms with Crippen LogP contribution in [0.5, 0.6) is 17.2 Å². The van der Waals surface area contributed by atoms with Gasteiger partial charge >= 0.3 is 0 Å². The number of Topliss-reactive ketones (excluding diaryl/α,β-unsaturated/α-hetero) is 5. The van der Waals surface area contributed by atoms with Crippen LogP contribution in [0.3, 0.4) is 0 Å². The Morgan fingerprint density at radius 1 is 0.326 bits per heavy atom. The summed E-state index contributed by atoms with van der Waals surface area (Å²) in [4.78, 5) is 83.4. The third-order valence-corrected chi connectivity index (χ3v) is 24.6. The lowest BCUT2D eigenvalue weighted by atomic mass is 9.79. The van der Waals surface area contributed by atoms with E-state index in [1.165, 1.54) is 42.4 Å². The van der Waals surface area contributed by atoms with Crippen LogP contribution >= 0.6 is 0 Å². The summed E-state index contributed by atoms with van der Waals surface area (Å²) in [6, 6.07) is 77.7. The van der Waals surface area contributed by atoms with Crippen LogP contribution < -0.4 is 14.2 Å². The number of piperidine rings is 4. The summed E-state index contributed by atoms with van der Waals surface area (Å²) < 4.78 is 16.3. The molecule has 4 aliphatic heterocycles. The Kier molecular flexibility index (Phi) is 35.3. The van der Waals surface area contributed by atoms with Gasteiger partial charge in [0.1, 0.15) is 17.2 Å². The van der Waals surface area contributed by atoms with Crippen LogP contribution in [0.15, 0.2) is 311 Å². The number of pyridine rings is 2. The molecular weight excluding hydrogens is 1630 g/mol. The van der Waals surface area contributed by atoms with Gasteiger partial charge < -0.3 is 14.2 Å². The summed E-state index contributed by atoms with van der Waals surface area (Å²) in [6.45, 7) is 25.0. The summed E-state index contributed by atoms with van der Waals surface area (Å²) in [5.41, 5.74) is 22.6. The number of rotatable bonds is 22. The van der Waals surface area contributed by atoms with Crippen molar-refractivity contribution in [2.24, 2.45) is 17.8 Å². The van der Waals surface area contributed by atoms with Crippen molar-refractivity contribution in [1.29, 1.82) is 0 Å². The molecule has 10 aromatic rings. The minimum absolute atomic E-state index is 0.0904. The van der Waals surface area contributed by atoms with Crippen LogP contribution in [-0.4, -0.2) is 157 Å². The minimum Gasteiger partial charge on any atom is -0.497 e. The highest BCUT2D eigenvalue weighted by atomic mass is 16.5. The highest BCUT2D eigenvalue weighted by Crippen LogP contribution is 2.38. The van der Waals surface area contributed by atoms with Gasteiger partial charge in [-0.1, -0.05) is 252 Å². The number of aromatic nitrogens is 2. The molecule has 2 aromatic heterocycles. The van der Waals surface area contributed by atoms with Gasteiger partial charge in [-0.25, -0.2) is 0 Å². The largest absolute Gasteiger partial charge is 0.497 e. The number of carbonyl (C=O) groups is 5. The molecule has 17 rings (SSSR count). The number of nitrogens with zero attached hydrogens (tertiary/aromatic N) is 6. The number of carbonyl (C=O) groups excluding carboxylic acids is 5. The maximum Gasteiger partial charge on any atom is 0.187 e. The molecule has 1 atom stereocenters. The van der Waals surface area contributed by atoms with Gasteiger partial charge in [-0.15, -0.1) is 0 Å². The number of allylic oxidation sites excluding steroid dienone is 2. The minimum atomic E-state index is 0.0904. The number of hydrogen-bond donors (Lipinski definition) is 0. The number of ketones is 5. The number of hydrogen-bond acceptors (Lipinski definition) is 14. The Labute approximate surface area is 783 Å². The molecule has 0 spiro atoms. The normalized spacial score (nSPS) is 20.1. The van der Waals surface area contributed by atoms with E-state index in [9.17, 15) is 24.0 Å². The van der Waals surface area contributed by atoms with Gasteiger partial charge in [0, 0.05) is 156 Å². The molecule has 7 aliphatic rings. The van der Waals surface area contributed by atoms with Crippen LogP contribution in [0, 0.1) is 38.5 Å². The van der Waals surface area contributed by atoms with Crippen molar-refractivity contribution in [2.75, 3.05) is 86.8 Å². The number of benzene rings is 8. The number of aryl methyl sites for hydroxylation is 3. The molecule has 3 saturated carbocycles. The predicted molar refractivity (Wildman–Crippen MR) is 543 cm³/mol. The average Bonchev–Trinajstić information content (AvgIpc) is 1.49. The number of methoxy groups -OCH3 is 3. The van der Waals surface area contributed by atoms with Crippen LogP contribution in [0.1, 0.15) is 165 Å².